The highest BCUT2D eigenvalue weighted by atomic mass is 79.9. The van der Waals surface area contributed by atoms with Gasteiger partial charge in [-0.3, -0.25) is 4.79 Å². The molecule has 0 aliphatic heterocycles. The van der Waals surface area contributed by atoms with Crippen LogP contribution in [0.1, 0.15) is 24.0 Å². The van der Waals surface area contributed by atoms with Crippen LogP contribution in [0.25, 0.3) is 0 Å². The summed E-state index contributed by atoms with van der Waals surface area (Å²) in [6, 6.07) is 5.17. The van der Waals surface area contributed by atoms with Gasteiger partial charge in [-0.1, -0.05) is 33.6 Å². The minimum Gasteiger partial charge on any atom is -0.480 e. The number of halogens is 1. The Morgan fingerprint density at radius 2 is 2.19 bits per heavy atom. The second-order valence-electron chi connectivity index (χ2n) is 4.46. The van der Waals surface area contributed by atoms with Gasteiger partial charge in [0.2, 0.25) is 0 Å². The summed E-state index contributed by atoms with van der Waals surface area (Å²) in [7, 11) is 0. The maximum absolute atomic E-state index is 11.0. The lowest BCUT2D eigenvalue weighted by molar-refractivity contribution is -0.139. The van der Waals surface area contributed by atoms with Crippen molar-refractivity contribution < 1.29 is 9.90 Å². The standard InChI is InChI=1S/C12H14BrNO2/c1-7-2-3-9(13)8(6-7)12(4-5-12)10(14)11(15)16/h2-3,6,10H,4-5,14H2,1H3,(H,15,16). The van der Waals surface area contributed by atoms with E-state index < -0.39 is 12.0 Å². The molecule has 0 spiro atoms. The van der Waals surface area contributed by atoms with Crippen molar-refractivity contribution in [1.82, 2.24) is 0 Å². The minimum atomic E-state index is -0.925. The van der Waals surface area contributed by atoms with Gasteiger partial charge in [0.05, 0.1) is 0 Å². The van der Waals surface area contributed by atoms with Crippen molar-refractivity contribution in [3.05, 3.63) is 33.8 Å². The van der Waals surface area contributed by atoms with E-state index in [0.29, 0.717) is 0 Å². The number of hydrogen-bond acceptors (Lipinski definition) is 2. The normalized spacial score (nSPS) is 19.2. The molecule has 1 aliphatic carbocycles. The number of carbonyl (C=O) groups is 1. The molecule has 16 heavy (non-hydrogen) atoms. The molecule has 1 unspecified atom stereocenters. The Hall–Kier alpha value is -0.870. The van der Waals surface area contributed by atoms with Crippen molar-refractivity contribution in [3.63, 3.8) is 0 Å². The van der Waals surface area contributed by atoms with Crippen LogP contribution in [0.5, 0.6) is 0 Å². The van der Waals surface area contributed by atoms with E-state index in [4.69, 9.17) is 10.8 Å². The number of benzene rings is 1. The van der Waals surface area contributed by atoms with Gasteiger partial charge in [-0.25, -0.2) is 0 Å². The number of nitrogens with two attached hydrogens (primary N) is 1. The first-order valence-electron chi connectivity index (χ1n) is 5.22. The highest BCUT2D eigenvalue weighted by molar-refractivity contribution is 9.10. The fraction of sp³-hybridized carbons (Fsp3) is 0.417. The quantitative estimate of drug-likeness (QED) is 0.894. The van der Waals surface area contributed by atoms with E-state index in [-0.39, 0.29) is 5.41 Å². The van der Waals surface area contributed by atoms with Gasteiger partial charge in [0.25, 0.3) is 0 Å². The Morgan fingerprint density at radius 3 is 2.69 bits per heavy atom. The number of hydrogen-bond donors (Lipinski definition) is 2. The zero-order chi connectivity index (χ0) is 11.9. The molecular formula is C12H14BrNO2. The number of rotatable bonds is 3. The lowest BCUT2D eigenvalue weighted by Crippen LogP contribution is -2.42. The molecule has 1 fully saturated rings. The Bertz CT molecular complexity index is 441. The number of aryl methyl sites for hydroxylation is 1. The Morgan fingerprint density at radius 1 is 1.56 bits per heavy atom. The van der Waals surface area contributed by atoms with Crippen LogP contribution in [0.2, 0.25) is 0 Å². The molecule has 1 aromatic rings. The van der Waals surface area contributed by atoms with Crippen molar-refractivity contribution in [2.75, 3.05) is 0 Å². The summed E-state index contributed by atoms with van der Waals surface area (Å²) in [6.07, 6.45) is 1.70. The highest BCUT2D eigenvalue weighted by Crippen LogP contribution is 2.52. The third kappa shape index (κ3) is 1.76. The SMILES string of the molecule is Cc1ccc(Br)c(C2(C(N)C(=O)O)CC2)c1. The molecule has 0 radical (unpaired) electrons. The first-order valence-corrected chi connectivity index (χ1v) is 6.02. The molecule has 0 aromatic heterocycles. The summed E-state index contributed by atoms with van der Waals surface area (Å²) in [5.74, 6) is -0.925. The van der Waals surface area contributed by atoms with Crippen molar-refractivity contribution in [1.29, 1.82) is 0 Å². The van der Waals surface area contributed by atoms with Crippen LogP contribution in [0.3, 0.4) is 0 Å². The topological polar surface area (TPSA) is 63.3 Å². The van der Waals surface area contributed by atoms with Gasteiger partial charge in [-0.2, -0.15) is 0 Å². The van der Waals surface area contributed by atoms with Gasteiger partial charge in [0.1, 0.15) is 6.04 Å². The summed E-state index contributed by atoms with van der Waals surface area (Å²) in [5, 5.41) is 9.04. The second-order valence-corrected chi connectivity index (χ2v) is 5.31. The zero-order valence-corrected chi connectivity index (χ0v) is 10.6. The van der Waals surface area contributed by atoms with E-state index in [2.05, 4.69) is 15.9 Å². The number of carboxylic acids is 1. The van der Waals surface area contributed by atoms with Crippen molar-refractivity contribution in [3.8, 4) is 0 Å². The summed E-state index contributed by atoms with van der Waals surface area (Å²) in [5.41, 5.74) is 7.58. The van der Waals surface area contributed by atoms with E-state index in [0.717, 1.165) is 28.4 Å². The maximum atomic E-state index is 11.0. The molecule has 0 saturated heterocycles. The molecule has 1 aromatic carbocycles. The predicted molar refractivity (Wildman–Crippen MR) is 65.4 cm³/mol. The molecule has 1 saturated carbocycles. The van der Waals surface area contributed by atoms with Gasteiger partial charge in [-0.05, 0) is 31.4 Å². The fourth-order valence-electron chi connectivity index (χ4n) is 2.14. The lowest BCUT2D eigenvalue weighted by Gasteiger charge is -2.22. The van der Waals surface area contributed by atoms with Gasteiger partial charge in [0, 0.05) is 9.89 Å². The number of aliphatic carboxylic acids is 1. The van der Waals surface area contributed by atoms with E-state index in [1.165, 1.54) is 0 Å². The van der Waals surface area contributed by atoms with Gasteiger partial charge < -0.3 is 10.8 Å². The summed E-state index contributed by atoms with van der Waals surface area (Å²) >= 11 is 3.48. The van der Waals surface area contributed by atoms with Gasteiger partial charge in [-0.15, -0.1) is 0 Å². The first kappa shape index (κ1) is 11.6. The van der Waals surface area contributed by atoms with Crippen LogP contribution in [-0.4, -0.2) is 17.1 Å². The molecule has 2 rings (SSSR count). The van der Waals surface area contributed by atoms with Crippen LogP contribution < -0.4 is 5.73 Å². The van der Waals surface area contributed by atoms with E-state index in [9.17, 15) is 4.79 Å². The van der Waals surface area contributed by atoms with Gasteiger partial charge in [0.15, 0.2) is 0 Å². The average molecular weight is 284 g/mol. The number of carboxylic acid groups (broad SMARTS) is 1. The Balaban J connectivity index is 2.44. The van der Waals surface area contributed by atoms with E-state index in [1.54, 1.807) is 0 Å². The largest absolute Gasteiger partial charge is 0.480 e. The molecule has 4 heteroatoms. The molecule has 3 N–H and O–H groups in total. The zero-order valence-electron chi connectivity index (χ0n) is 9.03. The van der Waals surface area contributed by atoms with Gasteiger partial charge >= 0.3 is 5.97 Å². The van der Waals surface area contributed by atoms with Crippen molar-refractivity contribution in [2.24, 2.45) is 5.73 Å². The monoisotopic (exact) mass is 283 g/mol. The van der Waals surface area contributed by atoms with Crippen LogP contribution in [-0.2, 0) is 10.2 Å². The maximum Gasteiger partial charge on any atom is 0.321 e. The third-order valence-corrected chi connectivity index (χ3v) is 4.00. The molecule has 1 aliphatic rings. The molecular weight excluding hydrogens is 270 g/mol. The average Bonchev–Trinajstić information content (AvgIpc) is 3.01. The Labute approximate surface area is 103 Å². The fourth-order valence-corrected chi connectivity index (χ4v) is 2.78. The van der Waals surface area contributed by atoms with Crippen LogP contribution in [0.15, 0.2) is 22.7 Å². The summed E-state index contributed by atoms with van der Waals surface area (Å²) in [4.78, 5) is 11.0. The molecule has 3 nitrogen and oxygen atoms in total. The van der Waals surface area contributed by atoms with Crippen molar-refractivity contribution in [2.45, 2.75) is 31.2 Å². The molecule has 0 bridgehead atoms. The van der Waals surface area contributed by atoms with Crippen molar-refractivity contribution >= 4 is 21.9 Å². The van der Waals surface area contributed by atoms with Crippen LogP contribution in [0, 0.1) is 6.92 Å². The van der Waals surface area contributed by atoms with E-state index >= 15 is 0 Å². The summed E-state index contributed by atoms with van der Waals surface area (Å²) < 4.78 is 0.951. The molecule has 86 valence electrons. The van der Waals surface area contributed by atoms with Crippen LogP contribution >= 0.6 is 15.9 Å². The highest BCUT2D eigenvalue weighted by Gasteiger charge is 2.53. The second kappa shape index (κ2) is 3.86. The summed E-state index contributed by atoms with van der Waals surface area (Å²) in [6.45, 7) is 2.00. The molecule has 1 atom stereocenters. The third-order valence-electron chi connectivity index (χ3n) is 3.31. The van der Waals surface area contributed by atoms with E-state index in [1.807, 2.05) is 25.1 Å². The molecule has 0 heterocycles. The smallest absolute Gasteiger partial charge is 0.321 e. The predicted octanol–water partition coefficient (Wildman–Crippen LogP) is 2.20. The first-order chi connectivity index (χ1) is 7.47. The van der Waals surface area contributed by atoms with Crippen LogP contribution in [0.4, 0.5) is 0 Å². The molecule has 0 amide bonds. The minimum absolute atomic E-state index is 0.364. The Kier molecular flexibility index (Phi) is 2.80. The lowest BCUT2D eigenvalue weighted by atomic mass is 9.87.